The number of benzene rings is 1. The standard InChI is InChI=1S/C26H30F4N4O2/c1-16(26(28,29)30)24-18-7-3-8-21(33-22-10-12-34(2)15-20(22)27)19(18)14-17(32-24)6-4-11-31-25(35)23-9-5-13-36-23/h3-4,6-8,14,20,22-23,33H,1,5,9-13,15H2,2H3,(H,31,35)/b6-4+/t20-,22+,23?/m0/s1. The number of alkyl halides is 4. The van der Waals surface area contributed by atoms with E-state index in [0.29, 0.717) is 37.1 Å². The minimum Gasteiger partial charge on any atom is -0.379 e. The SMILES string of the molecule is C=C(c1nc(/C=C/CNC(=O)C2CCCO2)cc2c(N[C@@H]3CCN(C)C[C@@H]3F)cccc12)C(F)(F)F. The summed E-state index contributed by atoms with van der Waals surface area (Å²) in [6.07, 6.45) is -1.02. The van der Waals surface area contributed by atoms with Gasteiger partial charge in [-0.1, -0.05) is 24.8 Å². The highest BCUT2D eigenvalue weighted by Crippen LogP contribution is 2.37. The van der Waals surface area contributed by atoms with Crippen LogP contribution >= 0.6 is 0 Å². The fourth-order valence-corrected chi connectivity index (χ4v) is 4.53. The number of carbonyl (C=O) groups is 1. The number of amides is 1. The van der Waals surface area contributed by atoms with Gasteiger partial charge in [-0.2, -0.15) is 13.2 Å². The lowest BCUT2D eigenvalue weighted by molar-refractivity contribution is -0.129. The van der Waals surface area contributed by atoms with Crippen molar-refractivity contribution in [3.8, 4) is 0 Å². The smallest absolute Gasteiger partial charge is 0.379 e. The van der Waals surface area contributed by atoms with Gasteiger partial charge in [-0.25, -0.2) is 9.37 Å². The van der Waals surface area contributed by atoms with Crippen molar-refractivity contribution < 1.29 is 27.1 Å². The normalized spacial score (nSPS) is 23.3. The maximum atomic E-state index is 14.7. The number of nitrogens with one attached hydrogen (secondary N) is 2. The van der Waals surface area contributed by atoms with E-state index >= 15 is 0 Å². The van der Waals surface area contributed by atoms with E-state index in [0.717, 1.165) is 6.42 Å². The van der Waals surface area contributed by atoms with Crippen LogP contribution in [-0.4, -0.2) is 73.6 Å². The van der Waals surface area contributed by atoms with E-state index in [-0.39, 0.29) is 35.8 Å². The van der Waals surface area contributed by atoms with Crippen LogP contribution in [0.3, 0.4) is 0 Å². The number of fused-ring (bicyclic) bond motifs is 1. The van der Waals surface area contributed by atoms with Gasteiger partial charge in [0.2, 0.25) is 5.91 Å². The van der Waals surface area contributed by atoms with Crippen LogP contribution in [0.5, 0.6) is 0 Å². The summed E-state index contributed by atoms with van der Waals surface area (Å²) in [5.41, 5.74) is -0.547. The first-order chi connectivity index (χ1) is 17.1. The van der Waals surface area contributed by atoms with Crippen molar-refractivity contribution in [2.45, 2.75) is 43.8 Å². The number of carbonyl (C=O) groups excluding carboxylic acids is 1. The molecule has 0 spiro atoms. The molecule has 2 saturated heterocycles. The Bertz CT molecular complexity index is 1140. The second-order valence-electron chi connectivity index (χ2n) is 9.24. The molecule has 2 aliphatic heterocycles. The molecule has 6 nitrogen and oxygen atoms in total. The Labute approximate surface area is 207 Å². The summed E-state index contributed by atoms with van der Waals surface area (Å²) in [6.45, 7) is 4.97. The summed E-state index contributed by atoms with van der Waals surface area (Å²) < 4.78 is 60.9. The Morgan fingerprint density at radius 3 is 2.81 bits per heavy atom. The Balaban J connectivity index is 1.62. The molecule has 3 atom stereocenters. The molecule has 1 aromatic carbocycles. The van der Waals surface area contributed by atoms with Gasteiger partial charge in [-0.15, -0.1) is 0 Å². The van der Waals surface area contributed by atoms with E-state index in [1.165, 1.54) is 0 Å². The number of ether oxygens (including phenoxy) is 1. The van der Waals surface area contributed by atoms with Crippen molar-refractivity contribution in [2.75, 3.05) is 38.6 Å². The Morgan fingerprint density at radius 2 is 2.11 bits per heavy atom. The molecule has 2 fully saturated rings. The minimum atomic E-state index is -4.67. The monoisotopic (exact) mass is 506 g/mol. The third kappa shape index (κ3) is 6.04. The van der Waals surface area contributed by atoms with Gasteiger partial charge in [0, 0.05) is 42.7 Å². The number of allylic oxidation sites excluding steroid dienone is 1. The molecule has 36 heavy (non-hydrogen) atoms. The van der Waals surface area contributed by atoms with E-state index in [9.17, 15) is 22.4 Å². The number of hydrogen-bond donors (Lipinski definition) is 2. The summed E-state index contributed by atoms with van der Waals surface area (Å²) in [7, 11) is 1.85. The van der Waals surface area contributed by atoms with Gasteiger partial charge in [0.05, 0.1) is 23.0 Å². The van der Waals surface area contributed by atoms with Gasteiger partial charge >= 0.3 is 6.18 Å². The third-order valence-electron chi connectivity index (χ3n) is 6.51. The molecule has 3 heterocycles. The van der Waals surface area contributed by atoms with Crippen LogP contribution in [0.4, 0.5) is 23.2 Å². The number of halogens is 4. The third-order valence-corrected chi connectivity index (χ3v) is 6.51. The fourth-order valence-electron chi connectivity index (χ4n) is 4.53. The van der Waals surface area contributed by atoms with Gasteiger partial charge in [-0.05, 0) is 44.5 Å². The predicted octanol–water partition coefficient (Wildman–Crippen LogP) is 4.57. The van der Waals surface area contributed by atoms with Gasteiger partial charge in [0.15, 0.2) is 0 Å². The van der Waals surface area contributed by atoms with Crippen LogP contribution in [0.2, 0.25) is 0 Å². The quantitative estimate of drug-likeness (QED) is 0.539. The molecule has 1 aromatic heterocycles. The van der Waals surface area contributed by atoms with Crippen LogP contribution < -0.4 is 10.6 Å². The van der Waals surface area contributed by atoms with E-state index in [1.807, 2.05) is 11.9 Å². The number of likely N-dealkylation sites (tertiary alicyclic amines) is 1. The molecular weight excluding hydrogens is 476 g/mol. The minimum absolute atomic E-state index is 0.174. The fraction of sp³-hybridized carbons (Fsp3) is 0.462. The molecule has 1 unspecified atom stereocenters. The van der Waals surface area contributed by atoms with Crippen molar-refractivity contribution in [3.63, 3.8) is 0 Å². The topological polar surface area (TPSA) is 66.5 Å². The maximum Gasteiger partial charge on any atom is 0.417 e. The number of aromatic nitrogens is 1. The van der Waals surface area contributed by atoms with Gasteiger partial charge in [-0.3, -0.25) is 4.79 Å². The Hall–Kier alpha value is -2.98. The van der Waals surface area contributed by atoms with E-state index in [4.69, 9.17) is 4.74 Å². The lowest BCUT2D eigenvalue weighted by atomic mass is 9.99. The van der Waals surface area contributed by atoms with E-state index < -0.39 is 30.1 Å². The zero-order valence-electron chi connectivity index (χ0n) is 20.1. The van der Waals surface area contributed by atoms with Crippen LogP contribution in [-0.2, 0) is 9.53 Å². The number of pyridine rings is 1. The van der Waals surface area contributed by atoms with Crippen molar-refractivity contribution >= 4 is 34.0 Å². The first kappa shape index (κ1) is 26.1. The molecule has 0 saturated carbocycles. The molecule has 194 valence electrons. The second-order valence-corrected chi connectivity index (χ2v) is 9.24. The summed E-state index contributed by atoms with van der Waals surface area (Å²) >= 11 is 0. The lowest BCUT2D eigenvalue weighted by Gasteiger charge is -2.33. The molecule has 10 heteroatoms. The summed E-state index contributed by atoms with van der Waals surface area (Å²) in [4.78, 5) is 18.2. The van der Waals surface area contributed by atoms with E-state index in [1.54, 1.807) is 36.4 Å². The highest BCUT2D eigenvalue weighted by Gasteiger charge is 2.35. The highest BCUT2D eigenvalue weighted by atomic mass is 19.4. The summed E-state index contributed by atoms with van der Waals surface area (Å²) in [5, 5.41) is 6.70. The maximum absolute atomic E-state index is 14.7. The molecule has 0 radical (unpaired) electrons. The summed E-state index contributed by atoms with van der Waals surface area (Å²) in [6, 6.07) is 6.10. The van der Waals surface area contributed by atoms with Crippen LogP contribution in [0, 0.1) is 0 Å². The average molecular weight is 507 g/mol. The van der Waals surface area contributed by atoms with Crippen molar-refractivity contribution in [2.24, 2.45) is 0 Å². The molecule has 2 N–H and O–H groups in total. The molecule has 1 amide bonds. The van der Waals surface area contributed by atoms with Crippen molar-refractivity contribution in [1.82, 2.24) is 15.2 Å². The zero-order chi connectivity index (χ0) is 25.9. The number of hydrogen-bond acceptors (Lipinski definition) is 5. The average Bonchev–Trinajstić information content (AvgIpc) is 3.37. The molecule has 4 rings (SSSR count). The first-order valence-electron chi connectivity index (χ1n) is 12.0. The highest BCUT2D eigenvalue weighted by molar-refractivity contribution is 6.00. The van der Waals surface area contributed by atoms with Gasteiger partial charge in [0.25, 0.3) is 0 Å². The Morgan fingerprint density at radius 1 is 1.31 bits per heavy atom. The van der Waals surface area contributed by atoms with Crippen LogP contribution in [0.25, 0.3) is 22.4 Å². The van der Waals surface area contributed by atoms with E-state index in [2.05, 4.69) is 22.2 Å². The molecular formula is C26H30F4N4O2. The summed E-state index contributed by atoms with van der Waals surface area (Å²) in [5.74, 6) is -0.222. The predicted molar refractivity (Wildman–Crippen MR) is 132 cm³/mol. The van der Waals surface area contributed by atoms with Gasteiger partial charge in [0.1, 0.15) is 12.3 Å². The lowest BCUT2D eigenvalue weighted by Crippen LogP contribution is -2.46. The molecule has 0 aliphatic carbocycles. The second kappa shape index (κ2) is 11.0. The molecule has 2 aliphatic rings. The molecule has 0 bridgehead atoms. The first-order valence-corrected chi connectivity index (χ1v) is 12.0. The Kier molecular flexibility index (Phi) is 7.94. The van der Waals surface area contributed by atoms with Crippen LogP contribution in [0.15, 0.2) is 36.9 Å². The number of nitrogens with zero attached hydrogens (tertiary/aromatic N) is 2. The number of piperidine rings is 1. The van der Waals surface area contributed by atoms with Crippen molar-refractivity contribution in [1.29, 1.82) is 0 Å². The largest absolute Gasteiger partial charge is 0.417 e. The van der Waals surface area contributed by atoms with Crippen LogP contribution in [0.1, 0.15) is 30.7 Å². The molecule has 2 aromatic rings. The van der Waals surface area contributed by atoms with Gasteiger partial charge < -0.3 is 20.3 Å². The zero-order valence-corrected chi connectivity index (χ0v) is 20.1. The number of anilines is 1. The van der Waals surface area contributed by atoms with Crippen molar-refractivity contribution in [3.05, 3.63) is 48.3 Å². The number of rotatable bonds is 7.